The predicted octanol–water partition coefficient (Wildman–Crippen LogP) is 4.85. The summed E-state index contributed by atoms with van der Waals surface area (Å²) in [6.07, 6.45) is 1.10. The van der Waals surface area contributed by atoms with Crippen molar-refractivity contribution >= 4 is 0 Å². The van der Waals surface area contributed by atoms with Gasteiger partial charge in [0.25, 0.3) is 0 Å². The molecule has 0 saturated heterocycles. The lowest BCUT2D eigenvalue weighted by molar-refractivity contribution is 0.167. The number of ether oxygens (including phenoxy) is 1. The quantitative estimate of drug-likeness (QED) is 0.691. The van der Waals surface area contributed by atoms with Crippen LogP contribution in [0.15, 0.2) is 54.6 Å². The molecule has 2 rings (SSSR count). The molecule has 2 nitrogen and oxygen atoms in total. The van der Waals surface area contributed by atoms with Crippen LogP contribution in [0, 0.1) is 6.92 Å². The molecule has 0 aliphatic heterocycles. The molecule has 0 heterocycles. The Morgan fingerprint density at radius 3 is 2.18 bits per heavy atom. The Balaban J connectivity index is 2.13. The predicted molar refractivity (Wildman–Crippen MR) is 93.4 cm³/mol. The molecule has 1 atom stereocenters. The van der Waals surface area contributed by atoms with Crippen LogP contribution in [0.2, 0.25) is 0 Å². The number of hydrogen-bond acceptors (Lipinski definition) is 2. The first-order valence-electron chi connectivity index (χ1n) is 8.24. The number of aryl methyl sites for hydroxylation is 1. The van der Waals surface area contributed by atoms with Crippen LogP contribution in [0.3, 0.4) is 0 Å². The molecule has 2 aromatic rings. The number of benzene rings is 2. The summed E-state index contributed by atoms with van der Waals surface area (Å²) in [7, 11) is 0. The molecular weight excluding hydrogens is 270 g/mol. The van der Waals surface area contributed by atoms with Gasteiger partial charge in [-0.3, -0.25) is 0 Å². The van der Waals surface area contributed by atoms with E-state index in [2.05, 4.69) is 74.2 Å². The van der Waals surface area contributed by atoms with Gasteiger partial charge in [0.2, 0.25) is 0 Å². The highest BCUT2D eigenvalue weighted by molar-refractivity contribution is 5.33. The molecule has 0 fully saturated rings. The van der Waals surface area contributed by atoms with Gasteiger partial charge in [0.1, 0.15) is 11.9 Å². The molecule has 0 bridgehead atoms. The number of nitrogens with zero attached hydrogens (tertiary/aromatic N) is 1. The average molecular weight is 297 g/mol. The molecule has 0 aliphatic rings. The minimum Gasteiger partial charge on any atom is -0.485 e. The second kappa shape index (κ2) is 8.60. The minimum absolute atomic E-state index is 0.0999. The molecular formula is C20H27NO. The van der Waals surface area contributed by atoms with E-state index in [0.717, 1.165) is 31.8 Å². The molecule has 0 aliphatic carbocycles. The summed E-state index contributed by atoms with van der Waals surface area (Å²) in [4.78, 5) is 2.44. The van der Waals surface area contributed by atoms with E-state index in [1.54, 1.807) is 0 Å². The average Bonchev–Trinajstić information content (AvgIpc) is 2.57. The van der Waals surface area contributed by atoms with Crippen LogP contribution < -0.4 is 4.74 Å². The highest BCUT2D eigenvalue weighted by atomic mass is 16.5. The van der Waals surface area contributed by atoms with E-state index in [0.29, 0.717) is 0 Å². The van der Waals surface area contributed by atoms with E-state index >= 15 is 0 Å². The lowest BCUT2D eigenvalue weighted by Crippen LogP contribution is -2.26. The maximum absolute atomic E-state index is 6.34. The van der Waals surface area contributed by atoms with Crippen molar-refractivity contribution in [1.29, 1.82) is 0 Å². The van der Waals surface area contributed by atoms with E-state index in [-0.39, 0.29) is 6.10 Å². The third-order valence-corrected chi connectivity index (χ3v) is 4.14. The zero-order valence-electron chi connectivity index (χ0n) is 14.0. The van der Waals surface area contributed by atoms with E-state index in [9.17, 15) is 0 Å². The van der Waals surface area contributed by atoms with Gasteiger partial charge in [0.15, 0.2) is 0 Å². The normalized spacial score (nSPS) is 12.4. The summed E-state index contributed by atoms with van der Waals surface area (Å²) < 4.78 is 6.34. The third-order valence-electron chi connectivity index (χ3n) is 4.14. The molecule has 22 heavy (non-hydrogen) atoms. The Bertz CT molecular complexity index is 549. The van der Waals surface area contributed by atoms with Gasteiger partial charge in [-0.2, -0.15) is 0 Å². The van der Waals surface area contributed by atoms with E-state index in [1.807, 2.05) is 6.07 Å². The maximum Gasteiger partial charge on any atom is 0.125 e. The minimum atomic E-state index is 0.0999. The van der Waals surface area contributed by atoms with Gasteiger partial charge in [-0.15, -0.1) is 0 Å². The molecule has 2 aromatic carbocycles. The van der Waals surface area contributed by atoms with Crippen LogP contribution in [0.25, 0.3) is 0 Å². The zero-order valence-corrected chi connectivity index (χ0v) is 14.0. The summed E-state index contributed by atoms with van der Waals surface area (Å²) in [5.74, 6) is 0.982. The summed E-state index contributed by atoms with van der Waals surface area (Å²) in [6, 6.07) is 18.8. The molecule has 0 N–H and O–H groups in total. The van der Waals surface area contributed by atoms with Gasteiger partial charge in [0.05, 0.1) is 0 Å². The largest absolute Gasteiger partial charge is 0.485 e. The standard InChI is InChI=1S/C20H27NO/c1-4-21(5-2)16-15-20(18-12-7-6-8-13-18)22-19-14-10-9-11-17(19)3/h6-14,20H,4-5,15-16H2,1-3H3. The summed E-state index contributed by atoms with van der Waals surface area (Å²) >= 11 is 0. The Hall–Kier alpha value is -1.80. The Labute approximate surface area is 134 Å². The van der Waals surface area contributed by atoms with Gasteiger partial charge < -0.3 is 9.64 Å². The number of hydrogen-bond donors (Lipinski definition) is 0. The van der Waals surface area contributed by atoms with Crippen LogP contribution in [0.1, 0.15) is 37.5 Å². The lowest BCUT2D eigenvalue weighted by Gasteiger charge is -2.24. The highest BCUT2D eigenvalue weighted by Crippen LogP contribution is 2.27. The molecule has 0 aromatic heterocycles. The van der Waals surface area contributed by atoms with E-state index < -0.39 is 0 Å². The van der Waals surface area contributed by atoms with Crippen molar-refractivity contribution in [3.63, 3.8) is 0 Å². The van der Waals surface area contributed by atoms with Crippen LogP contribution in [0.5, 0.6) is 5.75 Å². The van der Waals surface area contributed by atoms with Gasteiger partial charge in [-0.05, 0) is 37.2 Å². The molecule has 0 spiro atoms. The van der Waals surface area contributed by atoms with Crippen LogP contribution in [-0.2, 0) is 0 Å². The van der Waals surface area contributed by atoms with Crippen molar-refractivity contribution in [2.75, 3.05) is 19.6 Å². The maximum atomic E-state index is 6.34. The van der Waals surface area contributed by atoms with Crippen LogP contribution in [-0.4, -0.2) is 24.5 Å². The second-order valence-electron chi connectivity index (χ2n) is 5.60. The summed E-state index contributed by atoms with van der Waals surface area (Å²) in [6.45, 7) is 9.75. The topological polar surface area (TPSA) is 12.5 Å². The first kappa shape index (κ1) is 16.6. The van der Waals surface area contributed by atoms with Gasteiger partial charge in [-0.25, -0.2) is 0 Å². The monoisotopic (exact) mass is 297 g/mol. The first-order chi connectivity index (χ1) is 10.7. The van der Waals surface area contributed by atoms with Gasteiger partial charge in [-0.1, -0.05) is 62.4 Å². The van der Waals surface area contributed by atoms with Crippen LogP contribution in [0.4, 0.5) is 0 Å². The summed E-state index contributed by atoms with van der Waals surface area (Å²) in [5, 5.41) is 0. The molecule has 2 heteroatoms. The third kappa shape index (κ3) is 4.60. The lowest BCUT2D eigenvalue weighted by atomic mass is 10.1. The first-order valence-corrected chi connectivity index (χ1v) is 8.24. The smallest absolute Gasteiger partial charge is 0.125 e. The number of rotatable bonds is 8. The Morgan fingerprint density at radius 1 is 0.909 bits per heavy atom. The van der Waals surface area contributed by atoms with Crippen molar-refractivity contribution in [2.24, 2.45) is 0 Å². The Morgan fingerprint density at radius 2 is 1.55 bits per heavy atom. The number of para-hydroxylation sites is 1. The molecule has 0 saturated carbocycles. The SMILES string of the molecule is CCN(CC)CCC(Oc1ccccc1C)c1ccccc1. The fraction of sp³-hybridized carbons (Fsp3) is 0.400. The van der Waals surface area contributed by atoms with Crippen molar-refractivity contribution < 1.29 is 4.74 Å². The van der Waals surface area contributed by atoms with E-state index in [4.69, 9.17) is 4.74 Å². The summed E-state index contributed by atoms with van der Waals surface area (Å²) in [5.41, 5.74) is 2.43. The van der Waals surface area contributed by atoms with Crippen molar-refractivity contribution in [1.82, 2.24) is 4.90 Å². The van der Waals surface area contributed by atoms with Crippen molar-refractivity contribution in [3.05, 3.63) is 65.7 Å². The van der Waals surface area contributed by atoms with Gasteiger partial charge >= 0.3 is 0 Å². The second-order valence-corrected chi connectivity index (χ2v) is 5.60. The molecule has 0 radical (unpaired) electrons. The van der Waals surface area contributed by atoms with Gasteiger partial charge in [0, 0.05) is 13.0 Å². The molecule has 1 unspecified atom stereocenters. The fourth-order valence-corrected chi connectivity index (χ4v) is 2.64. The highest BCUT2D eigenvalue weighted by Gasteiger charge is 2.15. The molecule has 118 valence electrons. The van der Waals surface area contributed by atoms with E-state index in [1.165, 1.54) is 11.1 Å². The zero-order chi connectivity index (χ0) is 15.8. The molecule has 0 amide bonds. The fourth-order valence-electron chi connectivity index (χ4n) is 2.64. The Kier molecular flexibility index (Phi) is 6.47. The van der Waals surface area contributed by atoms with Crippen LogP contribution >= 0.6 is 0 Å². The van der Waals surface area contributed by atoms with Crippen molar-refractivity contribution in [2.45, 2.75) is 33.3 Å². The van der Waals surface area contributed by atoms with Crippen molar-refractivity contribution in [3.8, 4) is 5.75 Å².